The van der Waals surface area contributed by atoms with Crippen molar-refractivity contribution in [2.24, 2.45) is 0 Å². The van der Waals surface area contributed by atoms with Crippen molar-refractivity contribution < 1.29 is 9.90 Å². The molecule has 1 aromatic rings. The first-order valence-electron chi connectivity index (χ1n) is 5.82. The maximum absolute atomic E-state index is 11.8. The molecule has 0 heterocycles. The van der Waals surface area contributed by atoms with Crippen molar-refractivity contribution in [2.45, 2.75) is 26.2 Å². The van der Waals surface area contributed by atoms with Crippen LogP contribution in [-0.2, 0) is 0 Å². The van der Waals surface area contributed by atoms with E-state index in [4.69, 9.17) is 11.6 Å². The molecule has 0 spiro atoms. The minimum Gasteiger partial charge on any atom is -0.504 e. The molecule has 1 aromatic carbocycles. The minimum atomic E-state index is -0.382. The Labute approximate surface area is 117 Å². The molecule has 4 nitrogen and oxygen atoms in total. The van der Waals surface area contributed by atoms with Gasteiger partial charge in [0.2, 0.25) is 0 Å². The van der Waals surface area contributed by atoms with E-state index < -0.39 is 0 Å². The maximum Gasteiger partial charge on any atom is 0.332 e. The van der Waals surface area contributed by atoms with Crippen molar-refractivity contribution in [3.63, 3.8) is 0 Å². The highest BCUT2D eigenvalue weighted by molar-refractivity contribution is 7.82. The highest BCUT2D eigenvalue weighted by atomic mass is 35.5. The molecule has 0 aliphatic rings. The third-order valence-electron chi connectivity index (χ3n) is 2.44. The molecular formula is C12H17ClN2O2S. The number of amides is 2. The van der Waals surface area contributed by atoms with E-state index in [0.29, 0.717) is 6.54 Å². The second-order valence-electron chi connectivity index (χ2n) is 3.86. The summed E-state index contributed by atoms with van der Waals surface area (Å²) < 4.78 is 1.05. The number of hydrogen-bond donors (Lipinski definition) is 3. The Morgan fingerprint density at radius 2 is 2.22 bits per heavy atom. The summed E-state index contributed by atoms with van der Waals surface area (Å²) in [6.45, 7) is 2.68. The third kappa shape index (κ3) is 3.99. The van der Waals surface area contributed by atoms with Gasteiger partial charge in [-0.3, -0.25) is 0 Å². The predicted molar refractivity (Wildman–Crippen MR) is 77.5 cm³/mol. The number of carbonyl (C=O) groups excluding carboxylic acids is 1. The van der Waals surface area contributed by atoms with Crippen LogP contribution in [0, 0.1) is 0 Å². The van der Waals surface area contributed by atoms with Crippen molar-refractivity contribution >= 4 is 36.1 Å². The molecule has 2 N–H and O–H groups in total. The van der Waals surface area contributed by atoms with Gasteiger partial charge in [-0.05, 0) is 18.6 Å². The van der Waals surface area contributed by atoms with Gasteiger partial charge in [0.15, 0.2) is 5.75 Å². The lowest BCUT2D eigenvalue weighted by molar-refractivity contribution is 0.249. The number of nitrogens with one attached hydrogen (secondary N) is 1. The molecule has 0 unspecified atom stereocenters. The molecule has 1 rings (SSSR count). The fraction of sp³-hybridized carbons (Fsp3) is 0.417. The number of para-hydroxylation sites is 1. The number of benzene rings is 1. The van der Waals surface area contributed by atoms with Crippen LogP contribution >= 0.6 is 24.4 Å². The van der Waals surface area contributed by atoms with Crippen molar-refractivity contribution in [1.29, 1.82) is 0 Å². The summed E-state index contributed by atoms with van der Waals surface area (Å²) in [5.41, 5.74) is 0.263. The van der Waals surface area contributed by atoms with Gasteiger partial charge in [0.05, 0.1) is 5.02 Å². The number of urea groups is 1. The average Bonchev–Trinajstić information content (AvgIpc) is 2.37. The van der Waals surface area contributed by atoms with Gasteiger partial charge < -0.3 is 10.4 Å². The standard InChI is InChI=1S/C12H17ClN2O2S/c1-2-3-4-8-14-12(17)15(18)10-7-5-6-9(13)11(10)16/h5-7,16,18H,2-4,8H2,1H3,(H,14,17). The summed E-state index contributed by atoms with van der Waals surface area (Å²) in [5.74, 6) is -0.155. The van der Waals surface area contributed by atoms with Crippen molar-refractivity contribution in [3.8, 4) is 5.75 Å². The number of nitrogens with zero attached hydrogens (tertiary/aromatic N) is 1. The van der Waals surface area contributed by atoms with E-state index in [9.17, 15) is 9.90 Å². The summed E-state index contributed by atoms with van der Waals surface area (Å²) in [7, 11) is 0. The van der Waals surface area contributed by atoms with Crippen molar-refractivity contribution in [1.82, 2.24) is 5.32 Å². The fourth-order valence-corrected chi connectivity index (χ4v) is 1.83. The molecule has 6 heteroatoms. The Morgan fingerprint density at radius 1 is 1.50 bits per heavy atom. The summed E-state index contributed by atoms with van der Waals surface area (Å²) in [6.07, 6.45) is 3.08. The Hall–Kier alpha value is -1.07. The molecule has 0 aromatic heterocycles. The average molecular weight is 289 g/mol. The lowest BCUT2D eigenvalue weighted by atomic mass is 10.2. The number of halogens is 1. The van der Waals surface area contributed by atoms with Gasteiger partial charge in [-0.2, -0.15) is 0 Å². The summed E-state index contributed by atoms with van der Waals surface area (Å²) in [6, 6.07) is 4.37. The first-order valence-corrected chi connectivity index (χ1v) is 6.60. The van der Waals surface area contributed by atoms with E-state index in [1.165, 1.54) is 0 Å². The molecule has 0 aliphatic carbocycles. The van der Waals surface area contributed by atoms with Crippen LogP contribution in [0.15, 0.2) is 18.2 Å². The summed E-state index contributed by atoms with van der Waals surface area (Å²) in [5, 5.41) is 12.6. The fourth-order valence-electron chi connectivity index (χ4n) is 1.43. The first kappa shape index (κ1) is 15.0. The molecule has 18 heavy (non-hydrogen) atoms. The largest absolute Gasteiger partial charge is 0.504 e. The van der Waals surface area contributed by atoms with Crippen LogP contribution in [0.4, 0.5) is 10.5 Å². The van der Waals surface area contributed by atoms with Gasteiger partial charge in [0.25, 0.3) is 0 Å². The zero-order valence-corrected chi connectivity index (χ0v) is 11.8. The molecular weight excluding hydrogens is 272 g/mol. The molecule has 0 radical (unpaired) electrons. The quantitative estimate of drug-likeness (QED) is 0.573. The van der Waals surface area contributed by atoms with Gasteiger partial charge >= 0.3 is 6.03 Å². The van der Waals surface area contributed by atoms with E-state index in [1.807, 2.05) is 0 Å². The van der Waals surface area contributed by atoms with Crippen molar-refractivity contribution in [2.75, 3.05) is 10.8 Å². The normalized spacial score (nSPS) is 10.2. The van der Waals surface area contributed by atoms with Crippen LogP contribution in [0.2, 0.25) is 5.02 Å². The molecule has 0 atom stereocenters. The van der Waals surface area contributed by atoms with Crippen LogP contribution in [0.25, 0.3) is 0 Å². The van der Waals surface area contributed by atoms with E-state index >= 15 is 0 Å². The van der Waals surface area contributed by atoms with Crippen molar-refractivity contribution in [3.05, 3.63) is 23.2 Å². The second kappa shape index (κ2) is 7.38. The molecule has 0 saturated carbocycles. The number of carbonyl (C=O) groups is 1. The molecule has 0 bridgehead atoms. The zero-order valence-electron chi connectivity index (χ0n) is 10.2. The molecule has 0 saturated heterocycles. The summed E-state index contributed by atoms with van der Waals surface area (Å²) in [4.78, 5) is 11.8. The van der Waals surface area contributed by atoms with Gasteiger partial charge in [-0.25, -0.2) is 9.10 Å². The Balaban J connectivity index is 2.60. The SMILES string of the molecule is CCCCCNC(=O)N(S)c1cccc(Cl)c1O. The van der Waals surface area contributed by atoms with E-state index in [1.54, 1.807) is 18.2 Å². The number of hydrogen-bond acceptors (Lipinski definition) is 3. The highest BCUT2D eigenvalue weighted by Gasteiger charge is 2.16. The number of phenols is 1. The lowest BCUT2D eigenvalue weighted by Crippen LogP contribution is -2.34. The van der Waals surface area contributed by atoms with Gasteiger partial charge in [0.1, 0.15) is 5.69 Å². The Kier molecular flexibility index (Phi) is 6.15. The number of anilines is 1. The lowest BCUT2D eigenvalue weighted by Gasteiger charge is -2.18. The monoisotopic (exact) mass is 288 g/mol. The molecule has 0 fully saturated rings. The number of rotatable bonds is 5. The Morgan fingerprint density at radius 3 is 2.89 bits per heavy atom. The topological polar surface area (TPSA) is 52.6 Å². The zero-order chi connectivity index (χ0) is 13.5. The molecule has 2 amide bonds. The molecule has 0 aliphatic heterocycles. The van der Waals surface area contributed by atoms with Gasteiger partial charge in [0, 0.05) is 6.54 Å². The third-order valence-corrected chi connectivity index (χ3v) is 3.14. The van der Waals surface area contributed by atoms with Gasteiger partial charge in [-0.15, -0.1) is 0 Å². The van der Waals surface area contributed by atoms with Gasteiger partial charge in [-0.1, -0.05) is 50.2 Å². The Bertz CT molecular complexity index is 415. The summed E-state index contributed by atoms with van der Waals surface area (Å²) >= 11 is 9.83. The smallest absolute Gasteiger partial charge is 0.332 e. The second-order valence-corrected chi connectivity index (χ2v) is 4.67. The van der Waals surface area contributed by atoms with E-state index in [0.717, 1.165) is 23.6 Å². The number of aromatic hydroxyl groups is 1. The van der Waals surface area contributed by atoms with Crippen LogP contribution in [-0.4, -0.2) is 17.7 Å². The van der Waals surface area contributed by atoms with Crippen LogP contribution in [0.3, 0.4) is 0 Å². The predicted octanol–water partition coefficient (Wildman–Crippen LogP) is 3.60. The van der Waals surface area contributed by atoms with E-state index in [2.05, 4.69) is 25.1 Å². The number of phenolic OH excluding ortho intramolecular Hbond substituents is 1. The van der Waals surface area contributed by atoms with E-state index in [-0.39, 0.29) is 22.5 Å². The highest BCUT2D eigenvalue weighted by Crippen LogP contribution is 2.34. The van der Waals surface area contributed by atoms with Crippen LogP contribution in [0.1, 0.15) is 26.2 Å². The van der Waals surface area contributed by atoms with Crippen LogP contribution < -0.4 is 9.62 Å². The first-order chi connectivity index (χ1) is 8.57. The van der Waals surface area contributed by atoms with Crippen LogP contribution in [0.5, 0.6) is 5.75 Å². The maximum atomic E-state index is 11.8. The molecule has 100 valence electrons. The number of unbranched alkanes of at least 4 members (excludes halogenated alkanes) is 2. The number of thiol groups is 1. The minimum absolute atomic E-state index is 0.155.